The van der Waals surface area contributed by atoms with E-state index in [1.807, 2.05) is 4.90 Å². The summed E-state index contributed by atoms with van der Waals surface area (Å²) in [7, 11) is 1.44. The Kier molecular flexibility index (Phi) is 4.81. The number of rotatable bonds is 2. The van der Waals surface area contributed by atoms with Crippen molar-refractivity contribution < 1.29 is 14.7 Å². The lowest BCUT2D eigenvalue weighted by Crippen LogP contribution is -2.39. The lowest BCUT2D eigenvalue weighted by atomic mass is 9.84. The zero-order valence-corrected chi connectivity index (χ0v) is 14.4. The van der Waals surface area contributed by atoms with Gasteiger partial charge in [0.05, 0.1) is 10.6 Å². The highest BCUT2D eigenvalue weighted by Gasteiger charge is 2.31. The number of nitrogens with zero attached hydrogens (tertiary/aromatic N) is 2. The molecule has 1 aliphatic carbocycles. The predicted molar refractivity (Wildman–Crippen MR) is 93.6 cm³/mol. The van der Waals surface area contributed by atoms with Gasteiger partial charge in [0.25, 0.3) is 5.91 Å². The molecule has 1 fully saturated rings. The van der Waals surface area contributed by atoms with E-state index in [1.165, 1.54) is 19.5 Å². The van der Waals surface area contributed by atoms with Crippen LogP contribution in [-0.2, 0) is 0 Å². The van der Waals surface area contributed by atoms with Crippen LogP contribution < -0.4 is 4.90 Å². The van der Waals surface area contributed by atoms with Gasteiger partial charge in [-0.1, -0.05) is 17.7 Å². The fourth-order valence-corrected chi connectivity index (χ4v) is 3.79. The lowest BCUT2D eigenvalue weighted by molar-refractivity contribution is 0.0749. The van der Waals surface area contributed by atoms with E-state index in [0.717, 1.165) is 36.3 Å². The normalized spacial score (nSPS) is 20.2. The average Bonchev–Trinajstić information content (AvgIpc) is 2.59. The molecule has 1 heterocycles. The first kappa shape index (κ1) is 16.8. The first-order valence-corrected chi connectivity index (χ1v) is 8.65. The number of piperidine rings is 1. The van der Waals surface area contributed by atoms with Crippen molar-refractivity contribution in [2.24, 2.45) is 5.92 Å². The van der Waals surface area contributed by atoms with Crippen molar-refractivity contribution in [3.63, 3.8) is 0 Å². The summed E-state index contributed by atoms with van der Waals surface area (Å²) in [6.07, 6.45) is 6.61. The fourth-order valence-electron chi connectivity index (χ4n) is 3.54. The fraction of sp³-hybridized carbons (Fsp3) is 0.444. The molecule has 1 N–H and O–H groups in total. The Hall–Kier alpha value is -2.01. The summed E-state index contributed by atoms with van der Waals surface area (Å²) in [6, 6.07) is 4.76. The molecule has 1 aliphatic heterocycles. The molecule has 3 rings (SSSR count). The van der Waals surface area contributed by atoms with Gasteiger partial charge in [-0.3, -0.25) is 9.69 Å². The Bertz CT molecular complexity index is 702. The van der Waals surface area contributed by atoms with Crippen LogP contribution in [0.2, 0.25) is 5.02 Å². The summed E-state index contributed by atoms with van der Waals surface area (Å²) in [5, 5.41) is 9.32. The van der Waals surface area contributed by atoms with E-state index in [4.69, 9.17) is 16.7 Å². The third-order valence-electron chi connectivity index (χ3n) is 4.88. The van der Waals surface area contributed by atoms with Gasteiger partial charge >= 0.3 is 6.09 Å². The monoisotopic (exact) mass is 348 g/mol. The van der Waals surface area contributed by atoms with Gasteiger partial charge < -0.3 is 10.0 Å². The number of allylic oxidation sites excluding steroid dienone is 2. The number of carbonyl (C=O) groups excluding carboxylic acids is 1. The number of carbonyl (C=O) groups is 2. The second-order valence-electron chi connectivity index (χ2n) is 6.36. The third-order valence-corrected chi connectivity index (χ3v) is 5.19. The topological polar surface area (TPSA) is 60.9 Å². The molecule has 128 valence electrons. The summed E-state index contributed by atoms with van der Waals surface area (Å²) in [5.41, 5.74) is 2.00. The van der Waals surface area contributed by atoms with Crippen LogP contribution in [0.4, 0.5) is 10.5 Å². The molecule has 0 bridgehead atoms. The quantitative estimate of drug-likeness (QED) is 0.863. The lowest BCUT2D eigenvalue weighted by Gasteiger charge is -2.38. The Balaban J connectivity index is 1.87. The highest BCUT2D eigenvalue weighted by Crippen LogP contribution is 2.36. The summed E-state index contributed by atoms with van der Waals surface area (Å²) < 4.78 is 0. The minimum Gasteiger partial charge on any atom is -0.465 e. The Morgan fingerprint density at radius 3 is 2.75 bits per heavy atom. The van der Waals surface area contributed by atoms with Gasteiger partial charge in [0.2, 0.25) is 0 Å². The van der Waals surface area contributed by atoms with E-state index >= 15 is 0 Å². The number of benzene rings is 1. The molecule has 5 nitrogen and oxygen atoms in total. The van der Waals surface area contributed by atoms with Crippen molar-refractivity contribution in [2.75, 3.05) is 18.5 Å². The van der Waals surface area contributed by atoms with Crippen molar-refractivity contribution in [1.82, 2.24) is 4.90 Å². The zero-order chi connectivity index (χ0) is 17.3. The molecule has 1 aromatic rings. The zero-order valence-electron chi connectivity index (χ0n) is 13.7. The Labute approximate surface area is 146 Å². The van der Waals surface area contributed by atoms with Crippen LogP contribution in [0.3, 0.4) is 0 Å². The maximum atomic E-state index is 13.0. The van der Waals surface area contributed by atoms with Crippen molar-refractivity contribution in [3.8, 4) is 0 Å². The van der Waals surface area contributed by atoms with Crippen LogP contribution in [0.15, 0.2) is 30.0 Å². The molecular weight excluding hydrogens is 328 g/mol. The second kappa shape index (κ2) is 6.85. The third kappa shape index (κ3) is 3.13. The smallest absolute Gasteiger partial charge is 0.411 e. The van der Waals surface area contributed by atoms with Crippen molar-refractivity contribution >= 4 is 29.3 Å². The van der Waals surface area contributed by atoms with Gasteiger partial charge in [0, 0.05) is 25.0 Å². The van der Waals surface area contributed by atoms with E-state index < -0.39 is 6.09 Å². The number of anilines is 1. The van der Waals surface area contributed by atoms with Crippen LogP contribution in [0, 0.1) is 5.92 Å². The minimum atomic E-state index is -1.07. The number of hydrogen-bond donors (Lipinski definition) is 1. The van der Waals surface area contributed by atoms with Gasteiger partial charge in [-0.15, -0.1) is 0 Å². The molecule has 0 spiro atoms. The number of likely N-dealkylation sites (tertiary alicyclic amines) is 1. The molecule has 0 saturated carbocycles. The number of hydrogen-bond acceptors (Lipinski definition) is 2. The molecule has 0 unspecified atom stereocenters. The van der Waals surface area contributed by atoms with Crippen LogP contribution in [0.1, 0.15) is 42.5 Å². The van der Waals surface area contributed by atoms with Gasteiger partial charge in [-0.2, -0.15) is 0 Å². The maximum Gasteiger partial charge on any atom is 0.411 e. The van der Waals surface area contributed by atoms with E-state index in [9.17, 15) is 9.59 Å². The molecule has 1 aromatic carbocycles. The second-order valence-corrected chi connectivity index (χ2v) is 6.77. The van der Waals surface area contributed by atoms with Crippen LogP contribution in [0.5, 0.6) is 0 Å². The Morgan fingerprint density at radius 2 is 2.04 bits per heavy atom. The highest BCUT2D eigenvalue weighted by molar-refractivity contribution is 6.34. The minimum absolute atomic E-state index is 0.0950. The number of halogens is 1. The molecule has 6 heteroatoms. The highest BCUT2D eigenvalue weighted by atomic mass is 35.5. The first-order valence-electron chi connectivity index (χ1n) is 8.27. The molecule has 0 aromatic heterocycles. The molecule has 1 saturated heterocycles. The van der Waals surface area contributed by atoms with Crippen LogP contribution >= 0.6 is 11.6 Å². The standard InChI is InChI=1S/C18H21ClN2O3/c1-20(18(23)24)13-8-9-14(15(19)11-13)17(22)21-10-4-6-12-5-2-3-7-16(12)21/h7-9,11-12H,2-6,10H2,1H3,(H,23,24)/t12-/m0/s1. The van der Waals surface area contributed by atoms with Crippen LogP contribution in [0.25, 0.3) is 0 Å². The van der Waals surface area contributed by atoms with Crippen LogP contribution in [-0.4, -0.2) is 35.6 Å². The average molecular weight is 349 g/mol. The van der Waals surface area contributed by atoms with Crippen molar-refractivity contribution in [1.29, 1.82) is 0 Å². The summed E-state index contributed by atoms with van der Waals surface area (Å²) in [5.74, 6) is 0.384. The Morgan fingerprint density at radius 1 is 1.29 bits per heavy atom. The largest absolute Gasteiger partial charge is 0.465 e. The molecule has 24 heavy (non-hydrogen) atoms. The molecule has 2 amide bonds. The molecule has 0 radical (unpaired) electrons. The van der Waals surface area contributed by atoms with E-state index in [2.05, 4.69) is 6.08 Å². The number of fused-ring (bicyclic) bond motifs is 1. The van der Waals surface area contributed by atoms with E-state index in [0.29, 0.717) is 23.7 Å². The molecule has 2 aliphatic rings. The number of carboxylic acid groups (broad SMARTS) is 1. The summed E-state index contributed by atoms with van der Waals surface area (Å²) in [6.45, 7) is 0.717. The van der Waals surface area contributed by atoms with Gasteiger partial charge in [-0.05, 0) is 56.2 Å². The van der Waals surface area contributed by atoms with E-state index in [1.54, 1.807) is 12.1 Å². The SMILES string of the molecule is CN(C(=O)O)c1ccc(C(=O)N2CCC[C@@H]3CCCC=C32)c(Cl)c1. The van der Waals surface area contributed by atoms with Gasteiger partial charge in [-0.25, -0.2) is 4.79 Å². The number of amides is 2. The van der Waals surface area contributed by atoms with Crippen molar-refractivity contribution in [2.45, 2.75) is 32.1 Å². The first-order chi connectivity index (χ1) is 11.5. The van der Waals surface area contributed by atoms with Gasteiger partial charge in [0.1, 0.15) is 0 Å². The summed E-state index contributed by atoms with van der Waals surface area (Å²) in [4.78, 5) is 26.9. The molecule has 1 atom stereocenters. The van der Waals surface area contributed by atoms with E-state index in [-0.39, 0.29) is 10.9 Å². The van der Waals surface area contributed by atoms with Crippen molar-refractivity contribution in [3.05, 3.63) is 40.6 Å². The predicted octanol–water partition coefficient (Wildman–Crippen LogP) is 4.37. The molecular formula is C18H21ClN2O3. The maximum absolute atomic E-state index is 13.0. The summed E-state index contributed by atoms with van der Waals surface area (Å²) >= 11 is 6.28. The van der Waals surface area contributed by atoms with Gasteiger partial charge in [0.15, 0.2) is 0 Å².